The van der Waals surface area contributed by atoms with Gasteiger partial charge in [-0.3, -0.25) is 9.59 Å². The number of benzene rings is 2. The highest BCUT2D eigenvalue weighted by Gasteiger charge is 2.52. The SMILES string of the molecule is N#Cc1ccc(C(c2ccccc2)C(O)(C(N)=O)C2CCN(C(=O)C3CC3)CC2)cc1C(F)(F)F. The number of piperidine rings is 1. The minimum Gasteiger partial charge on any atom is -0.379 e. The van der Waals surface area contributed by atoms with E-state index in [0.717, 1.165) is 25.0 Å². The van der Waals surface area contributed by atoms with E-state index in [9.17, 15) is 33.1 Å². The summed E-state index contributed by atoms with van der Waals surface area (Å²) in [7, 11) is 0. The Kier molecular flexibility index (Phi) is 6.60. The van der Waals surface area contributed by atoms with Crippen molar-refractivity contribution >= 4 is 11.8 Å². The summed E-state index contributed by atoms with van der Waals surface area (Å²) < 4.78 is 41.2. The molecule has 184 valence electrons. The van der Waals surface area contributed by atoms with Crippen LogP contribution in [0.2, 0.25) is 0 Å². The molecule has 6 nitrogen and oxygen atoms in total. The summed E-state index contributed by atoms with van der Waals surface area (Å²) in [5.41, 5.74) is 2.30. The Morgan fingerprint density at radius 1 is 1.03 bits per heavy atom. The molecule has 0 aromatic heterocycles. The molecule has 2 aromatic carbocycles. The molecule has 2 fully saturated rings. The van der Waals surface area contributed by atoms with Gasteiger partial charge in [-0.1, -0.05) is 36.4 Å². The lowest BCUT2D eigenvalue weighted by Crippen LogP contribution is -2.57. The van der Waals surface area contributed by atoms with Crippen molar-refractivity contribution in [2.45, 2.75) is 43.4 Å². The van der Waals surface area contributed by atoms with Gasteiger partial charge in [-0.25, -0.2) is 0 Å². The van der Waals surface area contributed by atoms with Crippen LogP contribution in [0.25, 0.3) is 0 Å². The van der Waals surface area contributed by atoms with Crippen LogP contribution in [0.3, 0.4) is 0 Å². The molecule has 2 amide bonds. The highest BCUT2D eigenvalue weighted by Crippen LogP contribution is 2.45. The van der Waals surface area contributed by atoms with Gasteiger partial charge in [0, 0.05) is 30.8 Å². The molecule has 0 radical (unpaired) electrons. The molecule has 2 unspecified atom stereocenters. The second kappa shape index (κ2) is 9.34. The Bertz CT molecular complexity index is 1150. The van der Waals surface area contributed by atoms with Gasteiger partial charge in [0.1, 0.15) is 0 Å². The first-order valence-corrected chi connectivity index (χ1v) is 11.5. The molecular weight excluding hydrogens is 459 g/mol. The number of nitrogens with zero attached hydrogens (tertiary/aromatic N) is 2. The molecule has 3 N–H and O–H groups in total. The number of hydrogen-bond acceptors (Lipinski definition) is 4. The normalized spacial score (nSPS) is 19.5. The summed E-state index contributed by atoms with van der Waals surface area (Å²) in [5, 5.41) is 21.1. The highest BCUT2D eigenvalue weighted by atomic mass is 19.4. The summed E-state index contributed by atoms with van der Waals surface area (Å²) in [5.74, 6) is -2.83. The lowest BCUT2D eigenvalue weighted by molar-refractivity contribution is -0.149. The molecule has 35 heavy (non-hydrogen) atoms. The summed E-state index contributed by atoms with van der Waals surface area (Å²) in [6.45, 7) is 0.663. The maximum absolute atomic E-state index is 13.7. The van der Waals surface area contributed by atoms with Crippen LogP contribution in [0.5, 0.6) is 0 Å². The lowest BCUT2D eigenvalue weighted by Gasteiger charge is -2.44. The van der Waals surface area contributed by atoms with Crippen molar-refractivity contribution in [3.05, 3.63) is 70.8 Å². The largest absolute Gasteiger partial charge is 0.417 e. The van der Waals surface area contributed by atoms with Gasteiger partial charge < -0.3 is 15.7 Å². The fourth-order valence-corrected chi connectivity index (χ4v) is 5.13. The molecule has 1 saturated heterocycles. The van der Waals surface area contributed by atoms with Crippen molar-refractivity contribution in [1.29, 1.82) is 5.26 Å². The van der Waals surface area contributed by atoms with E-state index in [1.165, 1.54) is 6.07 Å². The second-order valence-electron chi connectivity index (χ2n) is 9.32. The van der Waals surface area contributed by atoms with Gasteiger partial charge in [0.15, 0.2) is 5.60 Å². The number of aliphatic hydroxyl groups is 1. The smallest absolute Gasteiger partial charge is 0.379 e. The summed E-state index contributed by atoms with van der Waals surface area (Å²) in [4.78, 5) is 27.0. The summed E-state index contributed by atoms with van der Waals surface area (Å²) in [6.07, 6.45) is -2.52. The predicted octanol–water partition coefficient (Wildman–Crippen LogP) is 3.57. The minimum atomic E-state index is -4.80. The van der Waals surface area contributed by atoms with Crippen LogP contribution in [-0.4, -0.2) is 40.5 Å². The van der Waals surface area contributed by atoms with Gasteiger partial charge in [0.2, 0.25) is 5.91 Å². The van der Waals surface area contributed by atoms with Crippen molar-refractivity contribution in [3.8, 4) is 6.07 Å². The molecule has 1 heterocycles. The van der Waals surface area contributed by atoms with Crippen molar-refractivity contribution in [1.82, 2.24) is 4.90 Å². The number of halogens is 3. The van der Waals surface area contributed by atoms with E-state index < -0.39 is 40.6 Å². The molecular formula is C26H26F3N3O3. The molecule has 1 aliphatic carbocycles. The third-order valence-corrected chi connectivity index (χ3v) is 7.13. The fraction of sp³-hybridized carbons (Fsp3) is 0.423. The van der Waals surface area contributed by atoms with Crippen LogP contribution < -0.4 is 5.73 Å². The van der Waals surface area contributed by atoms with Crippen LogP contribution in [0, 0.1) is 23.2 Å². The number of nitrogens with two attached hydrogens (primary N) is 1. The number of likely N-dealkylation sites (tertiary alicyclic amines) is 1. The molecule has 2 aromatic rings. The van der Waals surface area contributed by atoms with Gasteiger partial charge in [-0.2, -0.15) is 18.4 Å². The zero-order valence-corrected chi connectivity index (χ0v) is 19.0. The minimum absolute atomic E-state index is 0.0281. The number of primary amides is 1. The highest BCUT2D eigenvalue weighted by molar-refractivity contribution is 5.86. The Labute approximate surface area is 201 Å². The number of carbonyl (C=O) groups excluding carboxylic acids is 2. The fourth-order valence-electron chi connectivity index (χ4n) is 5.13. The maximum Gasteiger partial charge on any atom is 0.417 e. The van der Waals surface area contributed by atoms with Crippen molar-refractivity contribution in [2.24, 2.45) is 17.6 Å². The quantitative estimate of drug-likeness (QED) is 0.652. The van der Waals surface area contributed by atoms with Crippen molar-refractivity contribution in [3.63, 3.8) is 0 Å². The molecule has 2 aliphatic rings. The third kappa shape index (κ3) is 4.76. The van der Waals surface area contributed by atoms with Gasteiger partial charge in [0.05, 0.1) is 17.2 Å². The zero-order valence-electron chi connectivity index (χ0n) is 19.0. The Morgan fingerprint density at radius 3 is 2.17 bits per heavy atom. The van der Waals surface area contributed by atoms with Gasteiger partial charge in [-0.05, 0) is 48.9 Å². The summed E-state index contributed by atoms with van der Waals surface area (Å²) in [6, 6.07) is 13.0. The first-order chi connectivity index (χ1) is 16.6. The first-order valence-electron chi connectivity index (χ1n) is 11.5. The molecule has 1 aliphatic heterocycles. The average molecular weight is 486 g/mol. The number of carbonyl (C=O) groups is 2. The standard InChI is InChI=1S/C26H26F3N3O3/c27-26(28,29)21-14-18(8-9-19(21)15-30)22(16-4-2-1-3-5-16)25(35,24(31)34)20-10-12-32(13-11-20)23(33)17-6-7-17/h1-5,8-9,14,17,20,22,35H,6-7,10-13H2,(H2,31,34). The molecule has 1 saturated carbocycles. The van der Waals surface area contributed by atoms with Gasteiger partial charge in [-0.15, -0.1) is 0 Å². The van der Waals surface area contributed by atoms with Gasteiger partial charge in [0.25, 0.3) is 5.91 Å². The van der Waals surface area contributed by atoms with E-state index in [4.69, 9.17) is 5.73 Å². The van der Waals surface area contributed by atoms with E-state index >= 15 is 0 Å². The average Bonchev–Trinajstić information content (AvgIpc) is 3.69. The van der Waals surface area contributed by atoms with E-state index in [-0.39, 0.29) is 30.2 Å². The van der Waals surface area contributed by atoms with E-state index in [1.807, 2.05) is 0 Å². The van der Waals surface area contributed by atoms with Gasteiger partial charge >= 0.3 is 6.18 Å². The molecule has 9 heteroatoms. The Hall–Kier alpha value is -3.38. The molecule has 0 bridgehead atoms. The van der Waals surface area contributed by atoms with Crippen molar-refractivity contribution in [2.75, 3.05) is 13.1 Å². The second-order valence-corrected chi connectivity index (χ2v) is 9.32. The Morgan fingerprint density at radius 2 is 1.66 bits per heavy atom. The van der Waals surface area contributed by atoms with Crippen LogP contribution in [-0.2, 0) is 15.8 Å². The van der Waals surface area contributed by atoms with Crippen molar-refractivity contribution < 1.29 is 27.9 Å². The number of nitriles is 1. The zero-order chi connectivity index (χ0) is 25.4. The maximum atomic E-state index is 13.7. The molecule has 0 spiro atoms. The number of alkyl halides is 3. The molecule has 4 rings (SSSR count). The van der Waals surface area contributed by atoms with E-state index in [1.54, 1.807) is 41.3 Å². The number of rotatable bonds is 6. The monoisotopic (exact) mass is 485 g/mol. The van der Waals surface area contributed by atoms with E-state index in [2.05, 4.69) is 0 Å². The lowest BCUT2D eigenvalue weighted by atomic mass is 9.67. The number of amides is 2. The van der Waals surface area contributed by atoms with Crippen LogP contribution in [0.15, 0.2) is 48.5 Å². The first kappa shape index (κ1) is 24.7. The Balaban J connectivity index is 1.77. The van der Waals surface area contributed by atoms with Crippen LogP contribution >= 0.6 is 0 Å². The van der Waals surface area contributed by atoms with Crippen LogP contribution in [0.4, 0.5) is 13.2 Å². The number of hydrogen-bond donors (Lipinski definition) is 2. The predicted molar refractivity (Wildman–Crippen MR) is 121 cm³/mol. The summed E-state index contributed by atoms with van der Waals surface area (Å²) >= 11 is 0. The third-order valence-electron chi connectivity index (χ3n) is 7.13. The topological polar surface area (TPSA) is 107 Å². The molecule has 2 atom stereocenters. The van der Waals surface area contributed by atoms with E-state index in [0.29, 0.717) is 18.7 Å². The van der Waals surface area contributed by atoms with Crippen LogP contribution in [0.1, 0.15) is 53.9 Å².